The highest BCUT2D eigenvalue weighted by molar-refractivity contribution is 6.30. The number of carbonyl (C=O) groups is 1. The molecule has 4 aromatic rings. The molecule has 0 aliphatic carbocycles. The lowest BCUT2D eigenvalue weighted by Gasteiger charge is -2.05. The first-order valence-electron chi connectivity index (χ1n) is 7.51. The number of hydrogen-bond donors (Lipinski definition) is 1. The summed E-state index contributed by atoms with van der Waals surface area (Å²) in [5.74, 6) is 0.403. The molecule has 124 valence electrons. The minimum atomic E-state index is -0.332. The third-order valence-electron chi connectivity index (χ3n) is 3.66. The fourth-order valence-electron chi connectivity index (χ4n) is 2.44. The fourth-order valence-corrected chi connectivity index (χ4v) is 2.57. The molecule has 0 radical (unpaired) electrons. The number of nitrogens with zero attached hydrogens (tertiary/aromatic N) is 4. The van der Waals surface area contributed by atoms with Crippen molar-refractivity contribution in [3.8, 4) is 5.69 Å². The molecule has 8 heteroatoms. The Morgan fingerprint density at radius 1 is 1.16 bits per heavy atom. The van der Waals surface area contributed by atoms with Crippen LogP contribution in [0, 0.1) is 0 Å². The highest BCUT2D eigenvalue weighted by atomic mass is 35.5. The van der Waals surface area contributed by atoms with E-state index in [4.69, 9.17) is 16.0 Å². The number of para-hydroxylation sites is 1. The Morgan fingerprint density at radius 3 is 2.76 bits per heavy atom. The predicted octanol–water partition coefficient (Wildman–Crippen LogP) is 2.99. The second kappa shape index (κ2) is 6.37. The minimum Gasteiger partial charge on any atom is -0.451 e. The van der Waals surface area contributed by atoms with Crippen LogP contribution in [0.5, 0.6) is 0 Å². The number of carbonyl (C=O) groups excluding carboxylic acids is 1. The fraction of sp³-hybridized carbons (Fsp3) is 0.0588. The number of halogens is 1. The number of furan rings is 1. The number of rotatable bonds is 4. The van der Waals surface area contributed by atoms with Gasteiger partial charge < -0.3 is 9.73 Å². The van der Waals surface area contributed by atoms with Crippen LogP contribution in [-0.4, -0.2) is 26.1 Å². The molecule has 0 saturated heterocycles. The predicted molar refractivity (Wildman–Crippen MR) is 91.5 cm³/mol. The van der Waals surface area contributed by atoms with Crippen LogP contribution in [0.3, 0.4) is 0 Å². The van der Waals surface area contributed by atoms with Crippen LogP contribution in [0.15, 0.2) is 59.0 Å². The van der Waals surface area contributed by atoms with Gasteiger partial charge in [0, 0.05) is 10.4 Å². The van der Waals surface area contributed by atoms with E-state index < -0.39 is 0 Å². The largest absolute Gasteiger partial charge is 0.451 e. The first-order valence-corrected chi connectivity index (χ1v) is 7.88. The molecule has 0 saturated carbocycles. The van der Waals surface area contributed by atoms with Crippen LogP contribution in [0.2, 0.25) is 5.02 Å². The van der Waals surface area contributed by atoms with Crippen molar-refractivity contribution >= 4 is 28.5 Å². The Labute approximate surface area is 147 Å². The smallest absolute Gasteiger partial charge is 0.287 e. The van der Waals surface area contributed by atoms with Gasteiger partial charge in [-0.1, -0.05) is 29.8 Å². The summed E-state index contributed by atoms with van der Waals surface area (Å²) in [7, 11) is 0. The van der Waals surface area contributed by atoms with Crippen molar-refractivity contribution in [3.05, 3.63) is 71.2 Å². The molecule has 1 N–H and O–H groups in total. The SMILES string of the molecule is O=C(NCc1nnnn1-c1ccc(Cl)cc1)c1cc2ccccc2o1. The summed E-state index contributed by atoms with van der Waals surface area (Å²) in [4.78, 5) is 12.3. The topological polar surface area (TPSA) is 85.8 Å². The normalized spacial score (nSPS) is 10.9. The van der Waals surface area contributed by atoms with Gasteiger partial charge in [0.25, 0.3) is 5.91 Å². The Morgan fingerprint density at radius 2 is 1.96 bits per heavy atom. The molecule has 0 bridgehead atoms. The van der Waals surface area contributed by atoms with Gasteiger partial charge in [0.15, 0.2) is 11.6 Å². The summed E-state index contributed by atoms with van der Waals surface area (Å²) in [5.41, 5.74) is 1.42. The third-order valence-corrected chi connectivity index (χ3v) is 3.91. The summed E-state index contributed by atoms with van der Waals surface area (Å²) in [6.45, 7) is 0.158. The summed E-state index contributed by atoms with van der Waals surface area (Å²) in [5, 5.41) is 15.8. The standard InChI is InChI=1S/C17H12ClN5O2/c18-12-5-7-13(8-6-12)23-16(20-21-22-23)10-19-17(24)15-9-11-3-1-2-4-14(11)25-15/h1-9H,10H2,(H,19,24). The molecular weight excluding hydrogens is 342 g/mol. The molecule has 0 aliphatic heterocycles. The Hall–Kier alpha value is -3.19. The van der Waals surface area contributed by atoms with Gasteiger partial charge in [-0.05, 0) is 46.8 Å². The van der Waals surface area contributed by atoms with E-state index in [1.165, 1.54) is 4.68 Å². The van der Waals surface area contributed by atoms with Crippen molar-refractivity contribution in [1.82, 2.24) is 25.5 Å². The van der Waals surface area contributed by atoms with Gasteiger partial charge in [0.05, 0.1) is 12.2 Å². The van der Waals surface area contributed by atoms with Crippen LogP contribution in [0.25, 0.3) is 16.7 Å². The van der Waals surface area contributed by atoms with Gasteiger partial charge in [-0.15, -0.1) is 5.10 Å². The van der Waals surface area contributed by atoms with E-state index in [-0.39, 0.29) is 18.2 Å². The van der Waals surface area contributed by atoms with Crippen molar-refractivity contribution in [1.29, 1.82) is 0 Å². The molecular formula is C17H12ClN5O2. The number of aromatic nitrogens is 4. The maximum Gasteiger partial charge on any atom is 0.287 e. The molecule has 25 heavy (non-hydrogen) atoms. The minimum absolute atomic E-state index is 0.158. The second-order valence-electron chi connectivity index (χ2n) is 5.31. The van der Waals surface area contributed by atoms with Crippen molar-refractivity contribution in [2.45, 2.75) is 6.54 Å². The molecule has 0 fully saturated rings. The zero-order valence-corrected chi connectivity index (χ0v) is 13.6. The number of hydrogen-bond acceptors (Lipinski definition) is 5. The number of benzene rings is 2. The van der Waals surface area contributed by atoms with E-state index in [0.29, 0.717) is 16.4 Å². The van der Waals surface area contributed by atoms with Crippen molar-refractivity contribution in [2.75, 3.05) is 0 Å². The first kappa shape index (κ1) is 15.3. The summed E-state index contributed by atoms with van der Waals surface area (Å²) >= 11 is 5.89. The zero-order chi connectivity index (χ0) is 17.2. The van der Waals surface area contributed by atoms with Crippen LogP contribution < -0.4 is 5.32 Å². The number of fused-ring (bicyclic) bond motifs is 1. The van der Waals surface area contributed by atoms with Gasteiger partial charge >= 0.3 is 0 Å². The number of tetrazole rings is 1. The number of amides is 1. The third kappa shape index (κ3) is 3.09. The number of nitrogens with one attached hydrogen (secondary N) is 1. The molecule has 2 aromatic carbocycles. The van der Waals surface area contributed by atoms with E-state index in [2.05, 4.69) is 20.8 Å². The molecule has 7 nitrogen and oxygen atoms in total. The lowest BCUT2D eigenvalue weighted by atomic mass is 10.2. The van der Waals surface area contributed by atoms with E-state index in [1.54, 1.807) is 30.3 Å². The summed E-state index contributed by atoms with van der Waals surface area (Å²) in [6.07, 6.45) is 0. The van der Waals surface area contributed by atoms with E-state index in [0.717, 1.165) is 11.1 Å². The van der Waals surface area contributed by atoms with Crippen LogP contribution in [-0.2, 0) is 6.54 Å². The maximum atomic E-state index is 12.3. The second-order valence-corrected chi connectivity index (χ2v) is 5.75. The van der Waals surface area contributed by atoms with Crippen LogP contribution in [0.4, 0.5) is 0 Å². The van der Waals surface area contributed by atoms with E-state index >= 15 is 0 Å². The Balaban J connectivity index is 1.51. The highest BCUT2D eigenvalue weighted by Crippen LogP contribution is 2.19. The average molecular weight is 354 g/mol. The molecule has 0 unspecified atom stereocenters. The average Bonchev–Trinajstić information content (AvgIpc) is 3.27. The molecule has 1 amide bonds. The van der Waals surface area contributed by atoms with Crippen molar-refractivity contribution < 1.29 is 9.21 Å². The van der Waals surface area contributed by atoms with E-state index in [1.807, 2.05) is 24.3 Å². The lowest BCUT2D eigenvalue weighted by molar-refractivity contribution is 0.0924. The maximum absolute atomic E-state index is 12.3. The zero-order valence-electron chi connectivity index (χ0n) is 12.9. The Kier molecular flexibility index (Phi) is 3.91. The molecule has 0 spiro atoms. The summed E-state index contributed by atoms with van der Waals surface area (Å²) < 4.78 is 7.08. The van der Waals surface area contributed by atoms with Crippen LogP contribution in [0.1, 0.15) is 16.4 Å². The van der Waals surface area contributed by atoms with E-state index in [9.17, 15) is 4.79 Å². The molecule has 4 rings (SSSR count). The highest BCUT2D eigenvalue weighted by Gasteiger charge is 2.14. The van der Waals surface area contributed by atoms with Gasteiger partial charge in [0.2, 0.25) is 0 Å². The van der Waals surface area contributed by atoms with Crippen LogP contribution >= 0.6 is 11.6 Å². The van der Waals surface area contributed by atoms with Gasteiger partial charge in [-0.2, -0.15) is 4.68 Å². The molecule has 2 heterocycles. The van der Waals surface area contributed by atoms with Gasteiger partial charge in [-0.25, -0.2) is 0 Å². The summed E-state index contributed by atoms with van der Waals surface area (Å²) in [6, 6.07) is 16.2. The Bertz CT molecular complexity index is 1010. The molecule has 0 aliphatic rings. The monoisotopic (exact) mass is 353 g/mol. The lowest BCUT2D eigenvalue weighted by Crippen LogP contribution is -2.24. The first-order chi connectivity index (χ1) is 12.2. The van der Waals surface area contributed by atoms with Crippen molar-refractivity contribution in [3.63, 3.8) is 0 Å². The van der Waals surface area contributed by atoms with Crippen molar-refractivity contribution in [2.24, 2.45) is 0 Å². The molecule has 2 aromatic heterocycles. The van der Waals surface area contributed by atoms with Gasteiger partial charge in [-0.3, -0.25) is 4.79 Å². The molecule has 0 atom stereocenters. The quantitative estimate of drug-likeness (QED) is 0.609. The van der Waals surface area contributed by atoms with Gasteiger partial charge in [0.1, 0.15) is 5.58 Å².